The SMILES string of the molecule is O=S(=O)(c1ccccc1)N1CCOC(CCc2ccncn2)C1. The fourth-order valence-electron chi connectivity index (χ4n) is 2.60. The molecule has 1 saturated heterocycles. The van der Waals surface area contributed by atoms with Gasteiger partial charge < -0.3 is 4.74 Å². The topological polar surface area (TPSA) is 72.4 Å². The molecule has 0 spiro atoms. The Bertz CT molecular complexity index is 723. The Morgan fingerprint density at radius 1 is 1.22 bits per heavy atom. The van der Waals surface area contributed by atoms with Gasteiger partial charge in [0, 0.05) is 25.0 Å². The summed E-state index contributed by atoms with van der Waals surface area (Å²) in [6.07, 6.45) is 4.58. The van der Waals surface area contributed by atoms with Crippen LogP contribution in [0.15, 0.2) is 53.8 Å². The molecule has 0 radical (unpaired) electrons. The van der Waals surface area contributed by atoms with Gasteiger partial charge in [0.2, 0.25) is 10.0 Å². The Kier molecular flexibility index (Phi) is 5.00. The summed E-state index contributed by atoms with van der Waals surface area (Å²) in [7, 11) is -3.45. The number of sulfonamides is 1. The van der Waals surface area contributed by atoms with Crippen molar-refractivity contribution in [2.24, 2.45) is 0 Å². The van der Waals surface area contributed by atoms with Crippen molar-refractivity contribution in [1.29, 1.82) is 0 Å². The van der Waals surface area contributed by atoms with Crippen molar-refractivity contribution in [3.63, 3.8) is 0 Å². The number of morpholine rings is 1. The molecule has 0 N–H and O–H groups in total. The molecule has 1 atom stereocenters. The zero-order chi connectivity index (χ0) is 16.1. The molecule has 0 saturated carbocycles. The summed E-state index contributed by atoms with van der Waals surface area (Å²) in [5.74, 6) is 0. The third-order valence-electron chi connectivity index (χ3n) is 3.85. The average molecular weight is 333 g/mol. The molecule has 7 heteroatoms. The summed E-state index contributed by atoms with van der Waals surface area (Å²) in [6.45, 7) is 1.18. The molecule has 1 fully saturated rings. The van der Waals surface area contributed by atoms with Crippen molar-refractivity contribution in [1.82, 2.24) is 14.3 Å². The Balaban J connectivity index is 1.64. The van der Waals surface area contributed by atoms with E-state index in [1.807, 2.05) is 12.1 Å². The first-order valence-corrected chi connectivity index (χ1v) is 9.02. The molecule has 0 amide bonds. The summed E-state index contributed by atoms with van der Waals surface area (Å²) >= 11 is 0. The average Bonchev–Trinajstić information content (AvgIpc) is 2.62. The van der Waals surface area contributed by atoms with Crippen LogP contribution in [-0.2, 0) is 21.2 Å². The van der Waals surface area contributed by atoms with Crippen LogP contribution >= 0.6 is 0 Å². The third-order valence-corrected chi connectivity index (χ3v) is 5.73. The van der Waals surface area contributed by atoms with Crippen LogP contribution in [0.4, 0.5) is 0 Å². The van der Waals surface area contributed by atoms with Crippen LogP contribution in [0.2, 0.25) is 0 Å². The first-order valence-electron chi connectivity index (χ1n) is 7.58. The molecule has 2 aromatic rings. The second-order valence-electron chi connectivity index (χ2n) is 5.41. The highest BCUT2D eigenvalue weighted by molar-refractivity contribution is 7.89. The van der Waals surface area contributed by atoms with E-state index in [0.717, 1.165) is 18.5 Å². The molecule has 1 unspecified atom stereocenters. The molecule has 0 aliphatic carbocycles. The normalized spacial score (nSPS) is 19.6. The Labute approximate surface area is 136 Å². The number of aromatic nitrogens is 2. The minimum Gasteiger partial charge on any atom is -0.375 e. The van der Waals surface area contributed by atoms with Gasteiger partial charge in [-0.15, -0.1) is 0 Å². The van der Waals surface area contributed by atoms with E-state index >= 15 is 0 Å². The lowest BCUT2D eigenvalue weighted by atomic mass is 10.1. The fraction of sp³-hybridized carbons (Fsp3) is 0.375. The molecule has 3 rings (SSSR count). The van der Waals surface area contributed by atoms with Crippen molar-refractivity contribution in [3.8, 4) is 0 Å². The summed E-state index contributed by atoms with van der Waals surface area (Å²) < 4.78 is 32.5. The van der Waals surface area contributed by atoms with E-state index in [1.165, 1.54) is 10.6 Å². The largest absolute Gasteiger partial charge is 0.375 e. The van der Waals surface area contributed by atoms with Crippen LogP contribution in [0.1, 0.15) is 12.1 Å². The van der Waals surface area contributed by atoms with Crippen molar-refractivity contribution >= 4 is 10.0 Å². The number of nitrogens with zero attached hydrogens (tertiary/aromatic N) is 3. The van der Waals surface area contributed by atoms with Crippen LogP contribution in [0.25, 0.3) is 0 Å². The molecule has 2 heterocycles. The molecular weight excluding hydrogens is 314 g/mol. The highest BCUT2D eigenvalue weighted by Crippen LogP contribution is 2.20. The lowest BCUT2D eigenvalue weighted by Crippen LogP contribution is -2.45. The van der Waals surface area contributed by atoms with Crippen molar-refractivity contribution in [2.45, 2.75) is 23.8 Å². The number of benzene rings is 1. The Morgan fingerprint density at radius 2 is 2.04 bits per heavy atom. The molecule has 1 aliphatic rings. The van der Waals surface area contributed by atoms with Crippen LogP contribution in [0.5, 0.6) is 0 Å². The van der Waals surface area contributed by atoms with E-state index in [1.54, 1.807) is 30.5 Å². The lowest BCUT2D eigenvalue weighted by Gasteiger charge is -2.32. The van der Waals surface area contributed by atoms with Crippen molar-refractivity contribution in [3.05, 3.63) is 54.6 Å². The number of hydrogen-bond donors (Lipinski definition) is 0. The zero-order valence-corrected chi connectivity index (χ0v) is 13.5. The predicted molar refractivity (Wildman–Crippen MR) is 85.3 cm³/mol. The van der Waals surface area contributed by atoms with E-state index in [2.05, 4.69) is 9.97 Å². The van der Waals surface area contributed by atoms with Crippen LogP contribution < -0.4 is 0 Å². The van der Waals surface area contributed by atoms with Gasteiger partial charge in [-0.05, 0) is 31.0 Å². The third kappa shape index (κ3) is 3.93. The minimum absolute atomic E-state index is 0.114. The number of aryl methyl sites for hydroxylation is 1. The Hall–Kier alpha value is -1.83. The van der Waals surface area contributed by atoms with Gasteiger partial charge >= 0.3 is 0 Å². The van der Waals surface area contributed by atoms with Gasteiger partial charge in [0.25, 0.3) is 0 Å². The molecule has 1 aromatic carbocycles. The van der Waals surface area contributed by atoms with Crippen LogP contribution in [0.3, 0.4) is 0 Å². The number of ether oxygens (including phenoxy) is 1. The molecule has 0 bridgehead atoms. The van der Waals surface area contributed by atoms with E-state index in [-0.39, 0.29) is 6.10 Å². The quantitative estimate of drug-likeness (QED) is 0.829. The summed E-state index contributed by atoms with van der Waals surface area (Å²) in [6, 6.07) is 10.4. The van der Waals surface area contributed by atoms with E-state index < -0.39 is 10.0 Å². The highest BCUT2D eigenvalue weighted by Gasteiger charge is 2.30. The molecule has 122 valence electrons. The van der Waals surface area contributed by atoms with E-state index in [9.17, 15) is 8.42 Å². The molecule has 6 nitrogen and oxygen atoms in total. The van der Waals surface area contributed by atoms with E-state index in [0.29, 0.717) is 24.6 Å². The summed E-state index contributed by atoms with van der Waals surface area (Å²) in [5.41, 5.74) is 0.937. The lowest BCUT2D eigenvalue weighted by molar-refractivity contribution is -0.00538. The predicted octanol–water partition coefficient (Wildman–Crippen LogP) is 1.50. The number of rotatable bonds is 5. The number of hydrogen-bond acceptors (Lipinski definition) is 5. The maximum absolute atomic E-state index is 12.7. The van der Waals surface area contributed by atoms with Gasteiger partial charge in [0.15, 0.2) is 0 Å². The van der Waals surface area contributed by atoms with Crippen LogP contribution in [-0.4, -0.2) is 48.5 Å². The first kappa shape index (κ1) is 16.0. The summed E-state index contributed by atoms with van der Waals surface area (Å²) in [4.78, 5) is 8.40. The first-order chi connectivity index (χ1) is 11.2. The van der Waals surface area contributed by atoms with Gasteiger partial charge in [0.1, 0.15) is 6.33 Å². The van der Waals surface area contributed by atoms with Gasteiger partial charge in [-0.1, -0.05) is 18.2 Å². The zero-order valence-electron chi connectivity index (χ0n) is 12.7. The standard InChI is InChI=1S/C16H19N3O3S/c20-23(21,16-4-2-1-3-5-16)19-10-11-22-15(12-19)7-6-14-8-9-17-13-18-14/h1-5,8-9,13,15H,6-7,10-12H2. The maximum atomic E-state index is 12.7. The second-order valence-corrected chi connectivity index (χ2v) is 7.35. The summed E-state index contributed by atoms with van der Waals surface area (Å²) in [5, 5.41) is 0. The fourth-order valence-corrected chi connectivity index (χ4v) is 4.08. The molecule has 1 aromatic heterocycles. The molecule has 23 heavy (non-hydrogen) atoms. The molecule has 1 aliphatic heterocycles. The second kappa shape index (κ2) is 7.16. The Morgan fingerprint density at radius 3 is 2.78 bits per heavy atom. The smallest absolute Gasteiger partial charge is 0.243 e. The van der Waals surface area contributed by atoms with Gasteiger partial charge in [-0.25, -0.2) is 18.4 Å². The monoisotopic (exact) mass is 333 g/mol. The van der Waals surface area contributed by atoms with E-state index in [4.69, 9.17) is 4.74 Å². The van der Waals surface area contributed by atoms with Gasteiger partial charge in [-0.2, -0.15) is 4.31 Å². The highest BCUT2D eigenvalue weighted by atomic mass is 32.2. The molecular formula is C16H19N3O3S. The van der Waals surface area contributed by atoms with Crippen LogP contribution in [0, 0.1) is 0 Å². The van der Waals surface area contributed by atoms with Gasteiger partial charge in [-0.3, -0.25) is 0 Å². The maximum Gasteiger partial charge on any atom is 0.243 e. The van der Waals surface area contributed by atoms with Crippen molar-refractivity contribution in [2.75, 3.05) is 19.7 Å². The van der Waals surface area contributed by atoms with Crippen molar-refractivity contribution < 1.29 is 13.2 Å². The van der Waals surface area contributed by atoms with Gasteiger partial charge in [0.05, 0.1) is 17.6 Å². The minimum atomic E-state index is -3.45.